The van der Waals surface area contributed by atoms with Gasteiger partial charge < -0.3 is 10.0 Å². The van der Waals surface area contributed by atoms with Crippen LogP contribution in [0.1, 0.15) is 37.9 Å². The van der Waals surface area contributed by atoms with E-state index in [9.17, 15) is 5.11 Å². The normalized spacial score (nSPS) is 19.8. The molecule has 1 aromatic rings. The van der Waals surface area contributed by atoms with Crippen LogP contribution in [0.4, 0.5) is 5.82 Å². The fourth-order valence-corrected chi connectivity index (χ4v) is 2.18. The van der Waals surface area contributed by atoms with Crippen LogP contribution in [0.15, 0.2) is 12.3 Å². The zero-order chi connectivity index (χ0) is 15.5. The molecule has 1 N–H and O–H groups in total. The number of thiol groups is 1. The van der Waals surface area contributed by atoms with Crippen LogP contribution in [-0.4, -0.2) is 46.7 Å². The van der Waals surface area contributed by atoms with Gasteiger partial charge in [0.15, 0.2) is 0 Å². The van der Waals surface area contributed by atoms with Crippen LogP contribution in [0.5, 0.6) is 0 Å². The third-order valence-corrected chi connectivity index (χ3v) is 3.74. The van der Waals surface area contributed by atoms with Gasteiger partial charge >= 0.3 is 0 Å². The quantitative estimate of drug-likeness (QED) is 0.661. The van der Waals surface area contributed by atoms with Crippen LogP contribution in [0.2, 0.25) is 0 Å². The summed E-state index contributed by atoms with van der Waals surface area (Å²) in [6.07, 6.45) is 9.17. The highest BCUT2D eigenvalue weighted by Crippen LogP contribution is 2.17. The number of aryl methyl sites for hydroxylation is 1. The van der Waals surface area contributed by atoms with Crippen molar-refractivity contribution in [3.05, 3.63) is 18.1 Å². The summed E-state index contributed by atoms with van der Waals surface area (Å²) in [6.45, 7) is 3.47. The van der Waals surface area contributed by atoms with E-state index in [1.807, 2.05) is 12.7 Å². The topological polar surface area (TPSA) is 49.2 Å². The summed E-state index contributed by atoms with van der Waals surface area (Å²) < 4.78 is 0. The van der Waals surface area contributed by atoms with Crippen molar-refractivity contribution in [3.8, 4) is 0 Å². The van der Waals surface area contributed by atoms with Gasteiger partial charge in [-0.3, -0.25) is 0 Å². The molecule has 0 bridgehead atoms. The third-order valence-electron chi connectivity index (χ3n) is 3.51. The molecule has 1 aromatic heterocycles. The first kappa shape index (κ1) is 18.7. The molecule has 6 heteroatoms. The first-order valence-corrected chi connectivity index (χ1v) is 9.52. The van der Waals surface area contributed by atoms with Crippen molar-refractivity contribution < 1.29 is 5.11 Å². The monoisotopic (exact) mass is 329 g/mol. The zero-order valence-electron chi connectivity index (χ0n) is 12.9. The van der Waals surface area contributed by atoms with Crippen molar-refractivity contribution in [1.82, 2.24) is 9.97 Å². The maximum atomic E-state index is 9.44. The SMILES string of the molecule is C1CCC1.CP.OC1CCN(c2ccnc(CCS)n2)C1. The summed E-state index contributed by atoms with van der Waals surface area (Å²) in [7, 11) is 2.42. The molecule has 120 valence electrons. The second kappa shape index (κ2) is 11.2. The Morgan fingerprint density at radius 3 is 2.48 bits per heavy atom. The lowest BCUT2D eigenvalue weighted by Gasteiger charge is -2.16. The lowest BCUT2D eigenvalue weighted by atomic mass is 10.0. The van der Waals surface area contributed by atoms with Gasteiger partial charge in [0.1, 0.15) is 11.6 Å². The first-order valence-electron chi connectivity index (χ1n) is 7.73. The molecule has 3 rings (SSSR count). The van der Waals surface area contributed by atoms with E-state index in [2.05, 4.69) is 36.7 Å². The van der Waals surface area contributed by atoms with Crippen LogP contribution in [0.3, 0.4) is 0 Å². The van der Waals surface area contributed by atoms with Crippen LogP contribution in [0.25, 0.3) is 0 Å². The average Bonchev–Trinajstić information content (AvgIpc) is 2.87. The number of aliphatic hydroxyl groups is 1. The standard InChI is InChI=1S/C10H15N3OS.C4H8.CH5P/c14-8-2-5-13(7-8)10-1-4-11-9(12-10)3-6-15;1-2-4-3-1;1-2/h1,4,8,14-15H,2-3,5-7H2;1-4H2;2H2,1H3. The molecule has 0 aromatic carbocycles. The van der Waals surface area contributed by atoms with E-state index in [1.54, 1.807) is 6.20 Å². The van der Waals surface area contributed by atoms with Gasteiger partial charge in [-0.2, -0.15) is 12.6 Å². The molecule has 1 saturated heterocycles. The second-order valence-electron chi connectivity index (χ2n) is 5.11. The molecular formula is C15H28N3OPS. The number of aromatic nitrogens is 2. The zero-order valence-corrected chi connectivity index (χ0v) is 15.0. The Morgan fingerprint density at radius 1 is 1.33 bits per heavy atom. The number of hydrogen-bond acceptors (Lipinski definition) is 5. The van der Waals surface area contributed by atoms with Crippen LogP contribution >= 0.6 is 21.9 Å². The minimum Gasteiger partial charge on any atom is -0.391 e. The van der Waals surface area contributed by atoms with E-state index in [0.29, 0.717) is 6.54 Å². The molecule has 1 aliphatic carbocycles. The Balaban J connectivity index is 0.000000310. The Bertz CT molecular complexity index is 387. The summed E-state index contributed by atoms with van der Waals surface area (Å²) in [4.78, 5) is 10.7. The van der Waals surface area contributed by atoms with E-state index in [1.165, 1.54) is 25.7 Å². The molecule has 2 unspecified atom stereocenters. The predicted octanol–water partition coefficient (Wildman–Crippen LogP) is 2.57. The highest BCUT2D eigenvalue weighted by Gasteiger charge is 2.21. The maximum Gasteiger partial charge on any atom is 0.132 e. The van der Waals surface area contributed by atoms with Crippen LogP contribution in [0, 0.1) is 0 Å². The van der Waals surface area contributed by atoms with Gasteiger partial charge in [0, 0.05) is 25.7 Å². The van der Waals surface area contributed by atoms with Crippen molar-refractivity contribution in [2.45, 2.75) is 44.6 Å². The van der Waals surface area contributed by atoms with Crippen molar-refractivity contribution in [3.63, 3.8) is 0 Å². The van der Waals surface area contributed by atoms with E-state index < -0.39 is 0 Å². The first-order chi connectivity index (χ1) is 10.3. The molecule has 2 aliphatic rings. The molecule has 1 saturated carbocycles. The van der Waals surface area contributed by atoms with Gasteiger partial charge in [-0.1, -0.05) is 32.3 Å². The summed E-state index contributed by atoms with van der Waals surface area (Å²) in [5, 5.41) is 9.44. The molecule has 0 spiro atoms. The second-order valence-corrected chi connectivity index (χ2v) is 5.55. The highest BCUT2D eigenvalue weighted by molar-refractivity contribution is 7.80. The van der Waals surface area contributed by atoms with E-state index in [-0.39, 0.29) is 6.10 Å². The van der Waals surface area contributed by atoms with Gasteiger partial charge in [0.25, 0.3) is 0 Å². The largest absolute Gasteiger partial charge is 0.391 e. The minimum atomic E-state index is -0.215. The van der Waals surface area contributed by atoms with Gasteiger partial charge in [0.05, 0.1) is 6.10 Å². The Labute approximate surface area is 136 Å². The molecule has 2 atom stereocenters. The van der Waals surface area contributed by atoms with Gasteiger partial charge in [-0.05, 0) is 18.2 Å². The van der Waals surface area contributed by atoms with E-state index in [0.717, 1.165) is 36.8 Å². The highest BCUT2D eigenvalue weighted by atomic mass is 32.1. The minimum absolute atomic E-state index is 0.215. The van der Waals surface area contributed by atoms with Crippen molar-refractivity contribution in [2.75, 3.05) is 30.4 Å². The van der Waals surface area contributed by atoms with E-state index in [4.69, 9.17) is 0 Å². The smallest absolute Gasteiger partial charge is 0.132 e. The number of rotatable bonds is 3. The summed E-state index contributed by atoms with van der Waals surface area (Å²) in [6, 6.07) is 1.89. The molecule has 0 radical (unpaired) electrons. The molecule has 4 nitrogen and oxygen atoms in total. The molecule has 2 heterocycles. The fourth-order valence-electron chi connectivity index (χ4n) is 1.98. The maximum absolute atomic E-state index is 9.44. The average molecular weight is 329 g/mol. The number of anilines is 1. The lowest BCUT2D eigenvalue weighted by molar-refractivity contribution is 0.198. The molecule has 0 amide bonds. The summed E-state index contributed by atoms with van der Waals surface area (Å²) in [5.74, 6) is 2.49. The van der Waals surface area contributed by atoms with Crippen molar-refractivity contribution in [1.29, 1.82) is 0 Å². The lowest BCUT2D eigenvalue weighted by Crippen LogP contribution is -2.22. The van der Waals surface area contributed by atoms with Gasteiger partial charge in [-0.25, -0.2) is 9.97 Å². The Hall–Kier alpha value is -0.380. The number of nitrogens with zero attached hydrogens (tertiary/aromatic N) is 3. The van der Waals surface area contributed by atoms with Crippen molar-refractivity contribution >= 4 is 27.7 Å². The third kappa shape index (κ3) is 6.94. The molecule has 2 fully saturated rings. The van der Waals surface area contributed by atoms with Crippen LogP contribution < -0.4 is 4.90 Å². The predicted molar refractivity (Wildman–Crippen MR) is 96.5 cm³/mol. The van der Waals surface area contributed by atoms with Crippen molar-refractivity contribution in [2.24, 2.45) is 0 Å². The fraction of sp³-hybridized carbons (Fsp3) is 0.733. The Morgan fingerprint density at radius 2 is 2.00 bits per heavy atom. The molecular weight excluding hydrogens is 301 g/mol. The van der Waals surface area contributed by atoms with Gasteiger partial charge in [0.2, 0.25) is 0 Å². The van der Waals surface area contributed by atoms with Crippen LogP contribution in [-0.2, 0) is 6.42 Å². The number of aliphatic hydroxyl groups excluding tert-OH is 1. The van der Waals surface area contributed by atoms with Gasteiger partial charge in [-0.15, -0.1) is 9.24 Å². The number of β-amino-alcohol motifs (C(OH)–C–C–N with tert-alkyl or cyclic N) is 1. The number of hydrogen-bond donors (Lipinski definition) is 2. The molecule has 1 aliphatic heterocycles. The summed E-state index contributed by atoms with van der Waals surface area (Å²) >= 11 is 4.16. The van der Waals surface area contributed by atoms with E-state index >= 15 is 0 Å². The molecule has 21 heavy (non-hydrogen) atoms. The summed E-state index contributed by atoms with van der Waals surface area (Å²) in [5.41, 5.74) is 0. The Kier molecular flexibility index (Phi) is 9.98.